The molecule has 2 aromatic carbocycles. The van der Waals surface area contributed by atoms with Crippen LogP contribution in [0.3, 0.4) is 0 Å². The van der Waals surface area contributed by atoms with Gasteiger partial charge in [0.15, 0.2) is 5.82 Å². The highest BCUT2D eigenvalue weighted by atomic mass is 16.5. The molecule has 4 rings (SSSR count). The molecule has 0 amide bonds. The van der Waals surface area contributed by atoms with E-state index in [9.17, 15) is 0 Å². The lowest BCUT2D eigenvalue weighted by Gasteiger charge is -2.10. The number of hydrogen-bond acceptors (Lipinski definition) is 5. The highest BCUT2D eigenvalue weighted by molar-refractivity contribution is 5.84. The van der Waals surface area contributed by atoms with E-state index in [2.05, 4.69) is 33.5 Å². The molecule has 0 atom stereocenters. The summed E-state index contributed by atoms with van der Waals surface area (Å²) in [6.07, 6.45) is 1.76. The van der Waals surface area contributed by atoms with Gasteiger partial charge in [0.25, 0.3) is 0 Å². The van der Waals surface area contributed by atoms with Crippen LogP contribution in [0.25, 0.3) is 16.6 Å². The van der Waals surface area contributed by atoms with Gasteiger partial charge in [-0.2, -0.15) is 4.68 Å². The molecule has 6 heteroatoms. The summed E-state index contributed by atoms with van der Waals surface area (Å²) in [5.74, 6) is 1.35. The van der Waals surface area contributed by atoms with Crippen LogP contribution < -0.4 is 4.74 Å². The molecule has 4 aromatic rings. The second-order valence-electron chi connectivity index (χ2n) is 5.92. The van der Waals surface area contributed by atoms with Crippen LogP contribution in [0.1, 0.15) is 17.0 Å². The minimum atomic E-state index is 0.260. The molecule has 0 aliphatic carbocycles. The highest BCUT2D eigenvalue weighted by Crippen LogP contribution is 2.24. The van der Waals surface area contributed by atoms with Gasteiger partial charge in [-0.15, -0.1) is 5.10 Å². The quantitative estimate of drug-likeness (QED) is 0.573. The van der Waals surface area contributed by atoms with Gasteiger partial charge in [0.1, 0.15) is 17.9 Å². The zero-order valence-corrected chi connectivity index (χ0v) is 14.0. The average molecular weight is 331 g/mol. The number of ether oxygens (including phenoxy) is 1. The summed E-state index contributed by atoms with van der Waals surface area (Å²) < 4.78 is 7.68. The van der Waals surface area contributed by atoms with Crippen LogP contribution in [0.5, 0.6) is 5.75 Å². The van der Waals surface area contributed by atoms with E-state index in [1.807, 2.05) is 49.4 Å². The predicted octanol–water partition coefficient (Wildman–Crippen LogP) is 3.41. The Hall–Kier alpha value is -3.28. The number of tetrazole rings is 1. The fourth-order valence-corrected chi connectivity index (χ4v) is 2.86. The molecular weight excluding hydrogens is 314 g/mol. The number of hydrogen-bond donors (Lipinski definition) is 0. The topological polar surface area (TPSA) is 65.7 Å². The molecule has 0 spiro atoms. The number of benzene rings is 2. The normalized spacial score (nSPS) is 11.0. The van der Waals surface area contributed by atoms with Crippen molar-refractivity contribution < 1.29 is 4.74 Å². The average Bonchev–Trinajstić information content (AvgIpc) is 3.08. The molecule has 0 fully saturated rings. The van der Waals surface area contributed by atoms with Gasteiger partial charge in [0, 0.05) is 11.6 Å². The maximum absolute atomic E-state index is 5.96. The first-order chi connectivity index (χ1) is 12.2. The Morgan fingerprint density at radius 1 is 1.04 bits per heavy atom. The molecule has 0 N–H and O–H groups in total. The van der Waals surface area contributed by atoms with Gasteiger partial charge >= 0.3 is 0 Å². The zero-order chi connectivity index (χ0) is 17.2. The molecule has 6 nitrogen and oxygen atoms in total. The lowest BCUT2D eigenvalue weighted by molar-refractivity contribution is 0.295. The molecular formula is C19H17N5O. The molecule has 0 saturated carbocycles. The molecule has 2 aromatic heterocycles. The molecule has 0 radical (unpaired) electrons. The standard InChI is InChI=1S/C19H17N5O/c1-13-8-9-16(14(2)11-13)24-18(21-22-23-24)12-25-17-7-3-5-15-6-4-10-20-19(15)17/h3-11H,12H2,1-2H3. The van der Waals surface area contributed by atoms with Gasteiger partial charge < -0.3 is 4.74 Å². The third kappa shape index (κ3) is 2.94. The zero-order valence-electron chi connectivity index (χ0n) is 14.0. The molecule has 0 aliphatic rings. The fourth-order valence-electron chi connectivity index (χ4n) is 2.86. The van der Waals surface area contributed by atoms with E-state index in [-0.39, 0.29) is 6.61 Å². The second-order valence-corrected chi connectivity index (χ2v) is 5.92. The van der Waals surface area contributed by atoms with Crippen molar-refractivity contribution >= 4 is 10.9 Å². The molecule has 2 heterocycles. The van der Waals surface area contributed by atoms with Gasteiger partial charge in [-0.1, -0.05) is 35.9 Å². The van der Waals surface area contributed by atoms with E-state index in [1.165, 1.54) is 5.56 Å². The molecule has 0 saturated heterocycles. The predicted molar refractivity (Wildman–Crippen MR) is 94.7 cm³/mol. The van der Waals surface area contributed by atoms with Crippen molar-refractivity contribution in [3.63, 3.8) is 0 Å². The first-order valence-corrected chi connectivity index (χ1v) is 8.04. The second kappa shape index (κ2) is 6.32. The van der Waals surface area contributed by atoms with E-state index in [0.717, 1.165) is 22.2 Å². The number of para-hydroxylation sites is 1. The minimum Gasteiger partial charge on any atom is -0.483 e. The minimum absolute atomic E-state index is 0.260. The van der Waals surface area contributed by atoms with Gasteiger partial charge in [0.05, 0.1) is 5.69 Å². The number of pyridine rings is 1. The summed E-state index contributed by atoms with van der Waals surface area (Å²) in [7, 11) is 0. The first kappa shape index (κ1) is 15.3. The summed E-state index contributed by atoms with van der Waals surface area (Å²) in [5.41, 5.74) is 4.09. The Morgan fingerprint density at radius 3 is 2.80 bits per heavy atom. The summed E-state index contributed by atoms with van der Waals surface area (Å²) in [4.78, 5) is 4.40. The maximum atomic E-state index is 5.96. The van der Waals surface area contributed by atoms with E-state index in [4.69, 9.17) is 4.74 Å². The first-order valence-electron chi connectivity index (χ1n) is 8.04. The van der Waals surface area contributed by atoms with Crippen molar-refractivity contribution in [1.29, 1.82) is 0 Å². The van der Waals surface area contributed by atoms with E-state index in [0.29, 0.717) is 11.6 Å². The molecule has 124 valence electrons. The highest BCUT2D eigenvalue weighted by Gasteiger charge is 2.12. The van der Waals surface area contributed by atoms with Crippen LogP contribution in [0.15, 0.2) is 54.7 Å². The van der Waals surface area contributed by atoms with Crippen molar-refractivity contribution in [2.24, 2.45) is 0 Å². The lowest BCUT2D eigenvalue weighted by atomic mass is 10.1. The van der Waals surface area contributed by atoms with Crippen LogP contribution in [0.4, 0.5) is 0 Å². The number of rotatable bonds is 4. The fraction of sp³-hybridized carbons (Fsp3) is 0.158. The van der Waals surface area contributed by atoms with Crippen molar-refractivity contribution in [3.05, 3.63) is 71.7 Å². The van der Waals surface area contributed by atoms with Crippen LogP contribution in [0.2, 0.25) is 0 Å². The number of aryl methyl sites for hydroxylation is 2. The lowest BCUT2D eigenvalue weighted by Crippen LogP contribution is -2.08. The van der Waals surface area contributed by atoms with Gasteiger partial charge in [-0.25, -0.2) is 0 Å². The Labute approximate surface area is 145 Å². The third-order valence-electron chi connectivity index (χ3n) is 4.07. The van der Waals surface area contributed by atoms with Crippen LogP contribution in [-0.4, -0.2) is 25.2 Å². The molecule has 0 bridgehead atoms. The summed E-state index contributed by atoms with van der Waals surface area (Å²) >= 11 is 0. The number of nitrogens with zero attached hydrogens (tertiary/aromatic N) is 5. The maximum Gasteiger partial charge on any atom is 0.194 e. The Kier molecular flexibility index (Phi) is 3.85. The summed E-state index contributed by atoms with van der Waals surface area (Å²) in [6.45, 7) is 4.37. The summed E-state index contributed by atoms with van der Waals surface area (Å²) in [5, 5.41) is 13.1. The Bertz CT molecular complexity index is 1040. The Morgan fingerprint density at radius 2 is 1.92 bits per heavy atom. The van der Waals surface area contributed by atoms with E-state index >= 15 is 0 Å². The molecule has 0 unspecified atom stereocenters. The number of fused-ring (bicyclic) bond motifs is 1. The summed E-state index contributed by atoms with van der Waals surface area (Å²) in [6, 6.07) is 16.0. The largest absolute Gasteiger partial charge is 0.483 e. The van der Waals surface area contributed by atoms with Crippen LogP contribution in [-0.2, 0) is 6.61 Å². The van der Waals surface area contributed by atoms with Crippen molar-refractivity contribution in [2.75, 3.05) is 0 Å². The van der Waals surface area contributed by atoms with Crippen LogP contribution in [0, 0.1) is 13.8 Å². The third-order valence-corrected chi connectivity index (χ3v) is 4.07. The number of aromatic nitrogens is 5. The van der Waals surface area contributed by atoms with Gasteiger partial charge in [-0.05, 0) is 48.0 Å². The van der Waals surface area contributed by atoms with Crippen molar-refractivity contribution in [1.82, 2.24) is 25.2 Å². The SMILES string of the molecule is Cc1ccc(-n2nnnc2COc2cccc3cccnc23)c(C)c1. The smallest absolute Gasteiger partial charge is 0.194 e. The van der Waals surface area contributed by atoms with Crippen molar-refractivity contribution in [3.8, 4) is 11.4 Å². The van der Waals surface area contributed by atoms with Crippen LogP contribution >= 0.6 is 0 Å². The van der Waals surface area contributed by atoms with Gasteiger partial charge in [0.2, 0.25) is 0 Å². The van der Waals surface area contributed by atoms with E-state index in [1.54, 1.807) is 10.9 Å². The van der Waals surface area contributed by atoms with Gasteiger partial charge in [-0.3, -0.25) is 4.98 Å². The molecule has 25 heavy (non-hydrogen) atoms. The monoisotopic (exact) mass is 331 g/mol. The molecule has 0 aliphatic heterocycles. The van der Waals surface area contributed by atoms with Crippen molar-refractivity contribution in [2.45, 2.75) is 20.5 Å². The Balaban J connectivity index is 1.63. The van der Waals surface area contributed by atoms with E-state index < -0.39 is 0 Å².